The minimum atomic E-state index is -0.919. The summed E-state index contributed by atoms with van der Waals surface area (Å²) in [5.74, 6) is 0. The molecule has 0 heterocycles. The second-order valence-electron chi connectivity index (χ2n) is 4.65. The molecule has 0 radical (unpaired) electrons. The van der Waals surface area contributed by atoms with Crippen LogP contribution in [-0.4, -0.2) is 29.0 Å². The Bertz CT molecular complexity index is 506. The molecule has 0 fully saturated rings. The average Bonchev–Trinajstić information content (AvgIpc) is 2.57. The molecule has 0 aromatic heterocycles. The maximum Gasteiger partial charge on any atom is 0.0976 e. The van der Waals surface area contributed by atoms with Crippen molar-refractivity contribution >= 4 is 11.4 Å². The first-order valence-corrected chi connectivity index (χ1v) is 6.84. The van der Waals surface area contributed by atoms with E-state index in [1.165, 1.54) is 0 Å². The van der Waals surface area contributed by atoms with E-state index in [-0.39, 0.29) is 6.61 Å². The third kappa shape index (κ3) is 3.92. The van der Waals surface area contributed by atoms with Crippen LogP contribution in [0.25, 0.3) is 0 Å². The Hall–Kier alpha value is -2.14. The number of nitrogens with zero attached hydrogens (tertiary/aromatic N) is 1. The first kappa shape index (κ1) is 15.3. The van der Waals surface area contributed by atoms with Crippen LogP contribution in [0.4, 0.5) is 11.4 Å². The predicted molar refractivity (Wildman–Crippen MR) is 85.2 cm³/mol. The molecule has 3 N–H and O–H groups in total. The summed E-state index contributed by atoms with van der Waals surface area (Å²) < 4.78 is 0. The van der Waals surface area contributed by atoms with E-state index < -0.39 is 12.1 Å². The van der Waals surface area contributed by atoms with Crippen LogP contribution in [0, 0.1) is 0 Å². The molecule has 0 aliphatic rings. The maximum absolute atomic E-state index is 9.85. The molecule has 0 aliphatic heterocycles. The minimum Gasteiger partial charge on any atom is -0.394 e. The number of rotatable bonds is 7. The fourth-order valence-electron chi connectivity index (χ4n) is 2.01. The summed E-state index contributed by atoms with van der Waals surface area (Å²) in [5.41, 5.74) is 5.05. The van der Waals surface area contributed by atoms with Crippen molar-refractivity contribution in [3.05, 3.63) is 73.3 Å². The molecule has 0 unspecified atom stereocenters. The monoisotopic (exact) mass is 284 g/mol. The lowest BCUT2D eigenvalue weighted by Gasteiger charge is -2.31. The standard InChI is InChI=1S/C17H20N2O2/c1-2-16(17(21)13-20)18-19(14-9-5-3-6-10-14)15-11-7-4-8-12-15/h2-12,16-18,20-21H,1,13H2/t16-,17+/m0/s1. The van der Waals surface area contributed by atoms with Crippen LogP contribution >= 0.6 is 0 Å². The lowest BCUT2D eigenvalue weighted by atomic mass is 10.2. The lowest BCUT2D eigenvalue weighted by molar-refractivity contribution is 0.0759. The number of nitrogens with one attached hydrogen (secondary N) is 1. The molecule has 110 valence electrons. The van der Waals surface area contributed by atoms with E-state index in [1.807, 2.05) is 65.7 Å². The van der Waals surface area contributed by atoms with Gasteiger partial charge in [-0.2, -0.15) is 0 Å². The predicted octanol–water partition coefficient (Wildman–Crippen LogP) is 2.24. The summed E-state index contributed by atoms with van der Waals surface area (Å²) in [4.78, 5) is 0. The van der Waals surface area contributed by atoms with Crippen molar-refractivity contribution < 1.29 is 10.2 Å². The number of anilines is 2. The summed E-state index contributed by atoms with van der Waals surface area (Å²) in [7, 11) is 0. The summed E-state index contributed by atoms with van der Waals surface area (Å²) in [6.07, 6.45) is 0.664. The van der Waals surface area contributed by atoms with Crippen molar-refractivity contribution in [1.82, 2.24) is 5.43 Å². The summed E-state index contributed by atoms with van der Waals surface area (Å²) in [5, 5.41) is 20.9. The molecule has 4 heteroatoms. The van der Waals surface area contributed by atoms with Gasteiger partial charge in [-0.1, -0.05) is 42.5 Å². The SMILES string of the molecule is C=C[C@H](NN(c1ccccc1)c1ccccc1)[C@H](O)CO. The molecular weight excluding hydrogens is 264 g/mol. The van der Waals surface area contributed by atoms with Gasteiger partial charge in [0.05, 0.1) is 30.1 Å². The highest BCUT2D eigenvalue weighted by molar-refractivity contribution is 5.61. The number of hydrogen-bond donors (Lipinski definition) is 3. The zero-order valence-electron chi connectivity index (χ0n) is 11.8. The lowest BCUT2D eigenvalue weighted by Crippen LogP contribution is -2.48. The first-order valence-electron chi connectivity index (χ1n) is 6.84. The van der Waals surface area contributed by atoms with Gasteiger partial charge in [0.2, 0.25) is 0 Å². The molecule has 21 heavy (non-hydrogen) atoms. The molecule has 2 aromatic rings. The molecule has 2 atom stereocenters. The fourth-order valence-corrected chi connectivity index (χ4v) is 2.01. The average molecular weight is 284 g/mol. The summed E-state index contributed by atoms with van der Waals surface area (Å²) in [6, 6.07) is 19.1. The summed E-state index contributed by atoms with van der Waals surface area (Å²) >= 11 is 0. The molecule has 0 saturated heterocycles. The van der Waals surface area contributed by atoms with E-state index in [9.17, 15) is 5.11 Å². The largest absolute Gasteiger partial charge is 0.394 e. The Morgan fingerprint density at radius 2 is 1.48 bits per heavy atom. The van der Waals surface area contributed by atoms with Gasteiger partial charge in [0.1, 0.15) is 0 Å². The van der Waals surface area contributed by atoms with E-state index >= 15 is 0 Å². The van der Waals surface area contributed by atoms with Gasteiger partial charge in [-0.3, -0.25) is 5.01 Å². The highest BCUT2D eigenvalue weighted by atomic mass is 16.3. The van der Waals surface area contributed by atoms with Gasteiger partial charge in [-0.15, -0.1) is 6.58 Å². The maximum atomic E-state index is 9.85. The van der Waals surface area contributed by atoms with Crippen molar-refractivity contribution in [2.24, 2.45) is 0 Å². The molecule has 0 aliphatic carbocycles. The Morgan fingerprint density at radius 3 is 1.86 bits per heavy atom. The zero-order chi connectivity index (χ0) is 15.1. The van der Waals surface area contributed by atoms with Gasteiger partial charge >= 0.3 is 0 Å². The quantitative estimate of drug-likeness (QED) is 0.539. The van der Waals surface area contributed by atoms with Gasteiger partial charge in [-0.25, -0.2) is 5.43 Å². The van der Waals surface area contributed by atoms with E-state index in [2.05, 4.69) is 12.0 Å². The van der Waals surface area contributed by atoms with Crippen LogP contribution in [0.1, 0.15) is 0 Å². The van der Waals surface area contributed by atoms with Crippen LogP contribution in [0.15, 0.2) is 73.3 Å². The molecule has 2 rings (SSSR count). The van der Waals surface area contributed by atoms with E-state index in [0.29, 0.717) is 0 Å². The number of benzene rings is 2. The highest BCUT2D eigenvalue weighted by Gasteiger charge is 2.19. The van der Waals surface area contributed by atoms with Gasteiger partial charge < -0.3 is 10.2 Å². The van der Waals surface area contributed by atoms with Crippen molar-refractivity contribution in [1.29, 1.82) is 0 Å². The molecule has 0 spiro atoms. The molecule has 0 saturated carbocycles. The number of hydrogen-bond acceptors (Lipinski definition) is 4. The first-order chi connectivity index (χ1) is 10.3. The van der Waals surface area contributed by atoms with E-state index in [4.69, 9.17) is 5.11 Å². The van der Waals surface area contributed by atoms with Crippen LogP contribution in [0.5, 0.6) is 0 Å². The topological polar surface area (TPSA) is 55.7 Å². The minimum absolute atomic E-state index is 0.332. The van der Waals surface area contributed by atoms with Crippen LogP contribution in [0.3, 0.4) is 0 Å². The molecular formula is C17H20N2O2. The van der Waals surface area contributed by atoms with Crippen LogP contribution in [-0.2, 0) is 0 Å². The van der Waals surface area contributed by atoms with Gasteiger partial charge in [0, 0.05) is 0 Å². The normalized spacial score (nSPS) is 13.4. The van der Waals surface area contributed by atoms with Crippen LogP contribution in [0.2, 0.25) is 0 Å². The van der Waals surface area contributed by atoms with E-state index in [1.54, 1.807) is 6.08 Å². The number of para-hydroxylation sites is 2. The van der Waals surface area contributed by atoms with E-state index in [0.717, 1.165) is 11.4 Å². The number of aliphatic hydroxyl groups is 2. The van der Waals surface area contributed by atoms with Crippen LogP contribution < -0.4 is 10.4 Å². The van der Waals surface area contributed by atoms with Crippen molar-refractivity contribution in [2.75, 3.05) is 11.6 Å². The zero-order valence-corrected chi connectivity index (χ0v) is 11.8. The third-order valence-electron chi connectivity index (χ3n) is 3.16. The fraction of sp³-hybridized carbons (Fsp3) is 0.176. The summed E-state index contributed by atoms with van der Waals surface area (Å²) in [6.45, 7) is 3.38. The second kappa shape index (κ2) is 7.59. The Kier molecular flexibility index (Phi) is 5.51. The third-order valence-corrected chi connectivity index (χ3v) is 3.16. The van der Waals surface area contributed by atoms with Gasteiger partial charge in [0.15, 0.2) is 0 Å². The number of aliphatic hydroxyl groups excluding tert-OH is 2. The van der Waals surface area contributed by atoms with Gasteiger partial charge in [-0.05, 0) is 24.3 Å². The second-order valence-corrected chi connectivity index (χ2v) is 4.65. The Morgan fingerprint density at radius 1 is 1.00 bits per heavy atom. The molecule has 0 amide bonds. The molecule has 2 aromatic carbocycles. The smallest absolute Gasteiger partial charge is 0.0976 e. The molecule has 4 nitrogen and oxygen atoms in total. The van der Waals surface area contributed by atoms with Crippen molar-refractivity contribution in [2.45, 2.75) is 12.1 Å². The van der Waals surface area contributed by atoms with Crippen molar-refractivity contribution in [3.8, 4) is 0 Å². The molecule has 0 bridgehead atoms. The van der Waals surface area contributed by atoms with Crippen molar-refractivity contribution in [3.63, 3.8) is 0 Å². The number of hydrazine groups is 1. The Balaban J connectivity index is 2.31. The van der Waals surface area contributed by atoms with Gasteiger partial charge in [0.25, 0.3) is 0 Å². The Labute approximate surface area is 124 Å². The highest BCUT2D eigenvalue weighted by Crippen LogP contribution is 2.23.